The zero-order chi connectivity index (χ0) is 25.1. The third-order valence-corrected chi connectivity index (χ3v) is 7.42. The summed E-state index contributed by atoms with van der Waals surface area (Å²) < 4.78 is 0. The largest absolute Gasteiger partial charge is 0.508 e. The molecule has 0 aliphatic heterocycles. The highest BCUT2D eigenvalue weighted by Crippen LogP contribution is 2.52. The topological polar surface area (TPSA) is 171 Å². The number of hydrogen-bond acceptors (Lipinski definition) is 8. The number of amides is 1. The van der Waals surface area contributed by atoms with Gasteiger partial charge < -0.3 is 26.2 Å². The summed E-state index contributed by atoms with van der Waals surface area (Å²) in [5, 5.41) is 43.6. The van der Waals surface area contributed by atoms with Crippen molar-refractivity contribution < 1.29 is 34.8 Å². The number of carbonyl (C=O) groups excluding carboxylic acids is 3. The van der Waals surface area contributed by atoms with E-state index in [4.69, 9.17) is 5.73 Å². The molecule has 35 heavy (non-hydrogen) atoms. The Hall–Kier alpha value is -3.98. The van der Waals surface area contributed by atoms with Crippen LogP contribution in [0.25, 0.3) is 5.76 Å². The number of phenols is 1. The first-order valence-corrected chi connectivity index (χ1v) is 11.4. The molecule has 6 N–H and O–H groups in total. The van der Waals surface area contributed by atoms with Crippen molar-refractivity contribution in [3.8, 4) is 5.75 Å². The number of Topliss-reactive ketones (excluding diaryl/α,β-unsaturated/α-hetero) is 2. The maximum absolute atomic E-state index is 13.5. The van der Waals surface area contributed by atoms with E-state index in [0.29, 0.717) is 24.8 Å². The third-order valence-electron chi connectivity index (χ3n) is 7.42. The highest BCUT2D eigenvalue weighted by Gasteiger charge is 2.60. The van der Waals surface area contributed by atoms with E-state index >= 15 is 0 Å². The number of fused-ring (bicyclic) bond motifs is 3. The lowest BCUT2D eigenvalue weighted by Crippen LogP contribution is -2.58. The molecule has 9 heteroatoms. The Kier molecular flexibility index (Phi) is 5.25. The highest BCUT2D eigenvalue weighted by molar-refractivity contribution is 6.22. The molecule has 1 aromatic heterocycles. The van der Waals surface area contributed by atoms with Crippen LogP contribution in [0.15, 0.2) is 53.4 Å². The molecule has 3 aliphatic carbocycles. The third kappa shape index (κ3) is 3.34. The van der Waals surface area contributed by atoms with Crippen LogP contribution in [-0.4, -0.2) is 48.5 Å². The number of carbonyl (C=O) groups is 3. The summed E-state index contributed by atoms with van der Waals surface area (Å²) in [7, 11) is 0. The van der Waals surface area contributed by atoms with Gasteiger partial charge in [0.2, 0.25) is 5.78 Å². The van der Waals surface area contributed by atoms with Crippen LogP contribution in [0.3, 0.4) is 0 Å². The second-order valence-electron chi connectivity index (χ2n) is 9.33. The van der Waals surface area contributed by atoms with Gasteiger partial charge in [-0.25, -0.2) is 0 Å². The molecule has 3 aliphatic rings. The minimum atomic E-state index is -2.55. The van der Waals surface area contributed by atoms with Gasteiger partial charge in [0.25, 0.3) is 5.91 Å². The van der Waals surface area contributed by atoms with Crippen LogP contribution in [0.2, 0.25) is 0 Å². The molecule has 3 atom stereocenters. The molecule has 2 aromatic rings. The Morgan fingerprint density at radius 1 is 1.09 bits per heavy atom. The van der Waals surface area contributed by atoms with Crippen molar-refractivity contribution in [3.05, 3.63) is 75.8 Å². The molecular weight excluding hydrogens is 452 g/mol. The van der Waals surface area contributed by atoms with Gasteiger partial charge in [0.15, 0.2) is 11.4 Å². The number of aryl methyl sites for hydroxylation is 2. The lowest BCUT2D eigenvalue weighted by Gasteiger charge is -2.46. The quantitative estimate of drug-likeness (QED) is 0.414. The molecule has 0 radical (unpaired) electrons. The number of pyridine rings is 1. The fourth-order valence-corrected chi connectivity index (χ4v) is 5.73. The van der Waals surface area contributed by atoms with Gasteiger partial charge in [-0.05, 0) is 60.9 Å². The minimum Gasteiger partial charge on any atom is -0.508 e. The zero-order valence-electron chi connectivity index (χ0n) is 18.7. The van der Waals surface area contributed by atoms with E-state index < -0.39 is 52.0 Å². The van der Waals surface area contributed by atoms with Crippen LogP contribution in [0.4, 0.5) is 0 Å². The molecule has 9 nitrogen and oxygen atoms in total. The summed E-state index contributed by atoms with van der Waals surface area (Å²) in [6, 6.07) is 8.84. The molecule has 180 valence electrons. The fraction of sp³-hybridized carbons (Fsp3) is 0.308. The summed E-state index contributed by atoms with van der Waals surface area (Å²) in [5.74, 6) is -6.28. The normalized spacial score (nSPS) is 25.7. The molecule has 1 fully saturated rings. The first-order chi connectivity index (χ1) is 16.6. The Morgan fingerprint density at radius 2 is 1.86 bits per heavy atom. The number of phenolic OH excluding ortho intramolecular Hbond substituents is 1. The molecule has 3 unspecified atom stereocenters. The minimum absolute atomic E-state index is 0.107. The second-order valence-corrected chi connectivity index (χ2v) is 9.33. The number of hydrogen-bond donors (Lipinski definition) is 5. The second kappa shape index (κ2) is 8.06. The Balaban J connectivity index is 1.59. The molecule has 0 saturated heterocycles. The average Bonchev–Trinajstić information content (AvgIpc) is 2.81. The van der Waals surface area contributed by atoms with Crippen molar-refractivity contribution >= 4 is 23.2 Å². The van der Waals surface area contributed by atoms with Gasteiger partial charge in [-0.3, -0.25) is 19.4 Å². The predicted molar refractivity (Wildman–Crippen MR) is 123 cm³/mol. The van der Waals surface area contributed by atoms with E-state index in [1.807, 2.05) is 18.2 Å². The van der Waals surface area contributed by atoms with Gasteiger partial charge in [-0.15, -0.1) is 0 Å². The van der Waals surface area contributed by atoms with Gasteiger partial charge in [0, 0.05) is 29.8 Å². The first-order valence-electron chi connectivity index (χ1n) is 11.4. The van der Waals surface area contributed by atoms with Crippen molar-refractivity contribution in [1.29, 1.82) is 0 Å². The number of rotatable bonds is 4. The van der Waals surface area contributed by atoms with Crippen molar-refractivity contribution in [2.45, 2.75) is 37.7 Å². The first kappa shape index (κ1) is 22.8. The molecule has 1 amide bonds. The monoisotopic (exact) mass is 476 g/mol. The number of nitrogens with two attached hydrogens (primary N) is 1. The summed E-state index contributed by atoms with van der Waals surface area (Å²) in [6.07, 6.45) is 2.98. The molecule has 1 heterocycles. The standard InChI is InChI=1S/C26H24N2O7/c27-25(34)21-18(30)11-14-9-13-10-16-12(4-6-15-3-1-2-8-28-15)5-7-17(29)20(16)22(31)19(13)23(32)26(14,35)24(21)33/h1-3,5,7-8,13-14,29,31,33,35H,4,6,9-11H2,(H2,27,34). The van der Waals surface area contributed by atoms with Crippen LogP contribution < -0.4 is 5.73 Å². The number of benzene rings is 1. The van der Waals surface area contributed by atoms with Gasteiger partial charge in [0.05, 0.1) is 5.56 Å². The predicted octanol–water partition coefficient (Wildman–Crippen LogP) is 1.60. The summed E-state index contributed by atoms with van der Waals surface area (Å²) in [4.78, 5) is 42.0. The number of aromatic nitrogens is 1. The number of aliphatic hydroxyl groups excluding tert-OH is 2. The van der Waals surface area contributed by atoms with Crippen molar-refractivity contribution in [3.63, 3.8) is 0 Å². The van der Waals surface area contributed by atoms with Gasteiger partial charge in [0.1, 0.15) is 22.8 Å². The van der Waals surface area contributed by atoms with Crippen LogP contribution in [-0.2, 0) is 33.6 Å². The molecule has 0 bridgehead atoms. The van der Waals surface area contributed by atoms with Crippen LogP contribution in [0, 0.1) is 11.8 Å². The highest BCUT2D eigenvalue weighted by atomic mass is 16.3. The lowest BCUT2D eigenvalue weighted by atomic mass is 9.59. The Labute approximate surface area is 200 Å². The number of aliphatic hydroxyl groups is 3. The number of nitrogens with zero attached hydrogens (tertiary/aromatic N) is 1. The molecule has 1 saturated carbocycles. The lowest BCUT2D eigenvalue weighted by molar-refractivity contribution is -0.147. The van der Waals surface area contributed by atoms with E-state index in [1.165, 1.54) is 6.07 Å². The summed E-state index contributed by atoms with van der Waals surface area (Å²) >= 11 is 0. The Bertz CT molecular complexity index is 1340. The van der Waals surface area contributed by atoms with Crippen molar-refractivity contribution in [2.75, 3.05) is 0 Å². The van der Waals surface area contributed by atoms with Crippen LogP contribution in [0.1, 0.15) is 35.2 Å². The molecule has 1 aromatic carbocycles. The smallest absolute Gasteiger partial charge is 0.255 e. The Morgan fingerprint density at radius 3 is 2.54 bits per heavy atom. The maximum atomic E-state index is 13.5. The van der Waals surface area contributed by atoms with Crippen LogP contribution >= 0.6 is 0 Å². The molecule has 0 spiro atoms. The number of aromatic hydroxyl groups is 1. The summed E-state index contributed by atoms with van der Waals surface area (Å²) in [5.41, 5.74) is 4.26. The SMILES string of the molecule is NC(=O)C1=C(O)C2(O)C(=O)C3=C(O)c4c(O)ccc(CCc5ccccn5)c4CC3CC2CC1=O. The van der Waals surface area contributed by atoms with Gasteiger partial charge in [-0.1, -0.05) is 12.1 Å². The molecule has 5 rings (SSSR count). The zero-order valence-corrected chi connectivity index (χ0v) is 18.7. The van der Waals surface area contributed by atoms with Crippen molar-refractivity contribution in [1.82, 2.24) is 4.98 Å². The average molecular weight is 476 g/mol. The van der Waals surface area contributed by atoms with E-state index in [-0.39, 0.29) is 29.7 Å². The fourth-order valence-electron chi connectivity index (χ4n) is 5.73. The van der Waals surface area contributed by atoms with Crippen LogP contribution in [0.5, 0.6) is 5.75 Å². The number of ketones is 2. The van der Waals surface area contributed by atoms with E-state index in [9.17, 15) is 34.8 Å². The van der Waals surface area contributed by atoms with Crippen molar-refractivity contribution in [2.24, 2.45) is 17.6 Å². The van der Waals surface area contributed by atoms with E-state index in [2.05, 4.69) is 4.98 Å². The van der Waals surface area contributed by atoms with Gasteiger partial charge in [-0.2, -0.15) is 0 Å². The maximum Gasteiger partial charge on any atom is 0.255 e. The van der Waals surface area contributed by atoms with E-state index in [1.54, 1.807) is 12.3 Å². The molecular formula is C26H24N2O7. The van der Waals surface area contributed by atoms with E-state index in [0.717, 1.165) is 11.3 Å². The summed E-state index contributed by atoms with van der Waals surface area (Å²) in [6.45, 7) is 0. The number of primary amides is 1. The van der Waals surface area contributed by atoms with Gasteiger partial charge >= 0.3 is 0 Å².